The lowest BCUT2D eigenvalue weighted by atomic mass is 9.81. The number of benzene rings is 2. The van der Waals surface area contributed by atoms with Crippen molar-refractivity contribution in [1.82, 2.24) is 5.32 Å². The summed E-state index contributed by atoms with van der Waals surface area (Å²) in [7, 11) is 0. The molecule has 0 aliphatic carbocycles. The quantitative estimate of drug-likeness (QED) is 0.861. The van der Waals surface area contributed by atoms with E-state index in [9.17, 15) is 9.50 Å². The lowest BCUT2D eigenvalue weighted by Gasteiger charge is -2.40. The van der Waals surface area contributed by atoms with E-state index in [2.05, 4.69) is 5.32 Å². The van der Waals surface area contributed by atoms with E-state index in [-0.39, 0.29) is 12.4 Å². The van der Waals surface area contributed by atoms with E-state index in [1.807, 2.05) is 24.3 Å². The molecule has 130 valence electrons. The molecule has 3 rings (SSSR count). The van der Waals surface area contributed by atoms with E-state index in [1.54, 1.807) is 19.1 Å². The molecule has 1 aliphatic heterocycles. The van der Waals surface area contributed by atoms with Crippen LogP contribution < -0.4 is 5.32 Å². The maximum absolute atomic E-state index is 14.6. The van der Waals surface area contributed by atoms with Crippen molar-refractivity contribution in [3.05, 3.63) is 70.0 Å². The Kier molecular flexibility index (Phi) is 6.23. The lowest BCUT2D eigenvalue weighted by molar-refractivity contribution is -0.0440. The van der Waals surface area contributed by atoms with Gasteiger partial charge in [0.1, 0.15) is 11.4 Å². The van der Waals surface area contributed by atoms with Crippen LogP contribution in [0.2, 0.25) is 5.02 Å². The maximum atomic E-state index is 14.6. The number of aliphatic hydroxyl groups is 1. The van der Waals surface area contributed by atoms with Crippen LogP contribution >= 0.6 is 24.0 Å². The molecule has 0 bridgehead atoms. The molecule has 3 nitrogen and oxygen atoms in total. The molecule has 0 saturated carbocycles. The normalized spacial score (nSPS) is 21.8. The Balaban J connectivity index is 0.00000208. The van der Waals surface area contributed by atoms with Gasteiger partial charge in [0.2, 0.25) is 0 Å². The molecule has 1 saturated heterocycles. The molecule has 0 aromatic heterocycles. The number of rotatable bonds is 3. The van der Waals surface area contributed by atoms with Crippen LogP contribution in [-0.2, 0) is 10.3 Å². The molecule has 1 aliphatic rings. The Labute approximate surface area is 152 Å². The topological polar surface area (TPSA) is 41.5 Å². The molecule has 2 aromatic carbocycles. The molecule has 2 atom stereocenters. The van der Waals surface area contributed by atoms with Gasteiger partial charge in [-0.2, -0.15) is 0 Å². The minimum absolute atomic E-state index is 0. The van der Waals surface area contributed by atoms with Crippen molar-refractivity contribution in [2.45, 2.75) is 18.6 Å². The number of ether oxygens (including phenoxy) is 1. The summed E-state index contributed by atoms with van der Waals surface area (Å²) in [5.74, 6) is -0.415. The Morgan fingerprint density at radius 1 is 1.25 bits per heavy atom. The number of hydrogen-bond donors (Lipinski definition) is 2. The van der Waals surface area contributed by atoms with Gasteiger partial charge in [0.05, 0.1) is 17.7 Å². The van der Waals surface area contributed by atoms with Crippen molar-refractivity contribution in [3.8, 4) is 0 Å². The van der Waals surface area contributed by atoms with Crippen LogP contribution in [0.5, 0.6) is 0 Å². The molecule has 2 aromatic rings. The smallest absolute Gasteiger partial charge is 0.135 e. The molecular formula is C18H20Cl2FNO2. The zero-order valence-corrected chi connectivity index (χ0v) is 14.8. The summed E-state index contributed by atoms with van der Waals surface area (Å²) in [6.45, 7) is 3.19. The van der Waals surface area contributed by atoms with Gasteiger partial charge < -0.3 is 15.2 Å². The minimum Gasteiger partial charge on any atom is -0.389 e. The van der Waals surface area contributed by atoms with Crippen LogP contribution in [0.15, 0.2) is 42.5 Å². The Morgan fingerprint density at radius 3 is 2.62 bits per heavy atom. The first-order valence-electron chi connectivity index (χ1n) is 7.63. The molecule has 6 heteroatoms. The summed E-state index contributed by atoms with van der Waals surface area (Å²) in [6, 6.07) is 12.0. The fraction of sp³-hybridized carbons (Fsp3) is 0.333. The summed E-state index contributed by atoms with van der Waals surface area (Å²) in [5, 5.41) is 13.7. The van der Waals surface area contributed by atoms with E-state index >= 15 is 0 Å². The molecular weight excluding hydrogens is 352 g/mol. The van der Waals surface area contributed by atoms with Crippen molar-refractivity contribution in [2.75, 3.05) is 19.7 Å². The second kappa shape index (κ2) is 7.81. The second-order valence-corrected chi connectivity index (χ2v) is 6.12. The van der Waals surface area contributed by atoms with Crippen molar-refractivity contribution in [1.29, 1.82) is 0 Å². The monoisotopic (exact) mass is 371 g/mol. The Hall–Kier alpha value is -1.17. The summed E-state index contributed by atoms with van der Waals surface area (Å²) in [6.07, 6.45) is -0.695. The summed E-state index contributed by atoms with van der Waals surface area (Å²) in [4.78, 5) is 0. The van der Waals surface area contributed by atoms with E-state index in [1.165, 1.54) is 6.07 Å². The number of hydrogen-bond acceptors (Lipinski definition) is 3. The number of nitrogens with one attached hydrogen (secondary N) is 1. The van der Waals surface area contributed by atoms with Gasteiger partial charge in [-0.15, -0.1) is 12.4 Å². The first-order valence-corrected chi connectivity index (χ1v) is 8.00. The third-order valence-corrected chi connectivity index (χ3v) is 4.53. The molecule has 1 heterocycles. The van der Waals surface area contributed by atoms with Gasteiger partial charge in [0.25, 0.3) is 0 Å². The summed E-state index contributed by atoms with van der Waals surface area (Å²) >= 11 is 6.32. The average molecular weight is 372 g/mol. The molecule has 1 fully saturated rings. The third-order valence-electron chi connectivity index (χ3n) is 4.21. The van der Waals surface area contributed by atoms with Gasteiger partial charge in [0, 0.05) is 18.7 Å². The van der Waals surface area contributed by atoms with Crippen LogP contribution in [-0.4, -0.2) is 24.8 Å². The van der Waals surface area contributed by atoms with Gasteiger partial charge in [-0.1, -0.05) is 41.9 Å². The highest BCUT2D eigenvalue weighted by molar-refractivity contribution is 6.31. The molecule has 0 radical (unpaired) electrons. The fourth-order valence-electron chi connectivity index (χ4n) is 3.19. The highest BCUT2D eigenvalue weighted by Gasteiger charge is 2.42. The molecule has 24 heavy (non-hydrogen) atoms. The van der Waals surface area contributed by atoms with Crippen LogP contribution in [0.1, 0.15) is 29.7 Å². The van der Waals surface area contributed by atoms with Crippen molar-refractivity contribution in [2.24, 2.45) is 0 Å². The van der Waals surface area contributed by atoms with E-state index in [4.69, 9.17) is 16.3 Å². The molecule has 0 spiro atoms. The first-order chi connectivity index (χ1) is 11.1. The van der Waals surface area contributed by atoms with E-state index < -0.39 is 17.5 Å². The fourth-order valence-corrected chi connectivity index (χ4v) is 3.51. The number of morpholine rings is 1. The SMILES string of the molecule is CC(O)c1ccccc1C1(c2c(F)cccc2Cl)CNCCO1.Cl. The molecule has 2 N–H and O–H groups in total. The van der Waals surface area contributed by atoms with E-state index in [0.29, 0.717) is 35.8 Å². The van der Waals surface area contributed by atoms with Crippen molar-refractivity contribution >= 4 is 24.0 Å². The average Bonchev–Trinajstić information content (AvgIpc) is 2.55. The Morgan fingerprint density at radius 2 is 2.00 bits per heavy atom. The minimum atomic E-state index is -1.06. The number of halogens is 3. The predicted octanol–water partition coefficient (Wildman–Crippen LogP) is 3.82. The predicted molar refractivity (Wildman–Crippen MR) is 95.3 cm³/mol. The highest BCUT2D eigenvalue weighted by Crippen LogP contribution is 2.42. The van der Waals surface area contributed by atoms with Gasteiger partial charge in [-0.25, -0.2) is 4.39 Å². The summed E-state index contributed by atoms with van der Waals surface area (Å²) in [5.41, 5.74) is 0.681. The standard InChI is InChI=1S/C18H19ClFNO2.ClH/c1-12(22)13-5-2-3-6-14(13)18(11-21-9-10-23-18)17-15(19)7-4-8-16(17)20;/h2-8,12,21-22H,9-11H2,1H3;1H. The molecule has 0 amide bonds. The second-order valence-electron chi connectivity index (χ2n) is 5.71. The van der Waals surface area contributed by atoms with Gasteiger partial charge in [-0.05, 0) is 30.2 Å². The highest BCUT2D eigenvalue weighted by atomic mass is 35.5. The number of aliphatic hydroxyl groups excluding tert-OH is 1. The lowest BCUT2D eigenvalue weighted by Crippen LogP contribution is -2.49. The van der Waals surface area contributed by atoms with Crippen LogP contribution in [0.3, 0.4) is 0 Å². The van der Waals surface area contributed by atoms with Crippen molar-refractivity contribution in [3.63, 3.8) is 0 Å². The summed E-state index contributed by atoms with van der Waals surface area (Å²) < 4.78 is 20.7. The largest absolute Gasteiger partial charge is 0.389 e. The van der Waals surface area contributed by atoms with Crippen molar-refractivity contribution < 1.29 is 14.2 Å². The first kappa shape index (κ1) is 19.2. The van der Waals surface area contributed by atoms with Crippen LogP contribution in [0, 0.1) is 5.82 Å². The van der Waals surface area contributed by atoms with Crippen LogP contribution in [0.4, 0.5) is 4.39 Å². The van der Waals surface area contributed by atoms with Gasteiger partial charge in [0.15, 0.2) is 0 Å². The zero-order valence-electron chi connectivity index (χ0n) is 13.3. The van der Waals surface area contributed by atoms with Gasteiger partial charge >= 0.3 is 0 Å². The van der Waals surface area contributed by atoms with E-state index in [0.717, 1.165) is 5.56 Å². The molecule has 2 unspecified atom stereocenters. The van der Waals surface area contributed by atoms with Gasteiger partial charge in [-0.3, -0.25) is 0 Å². The third kappa shape index (κ3) is 3.30. The maximum Gasteiger partial charge on any atom is 0.135 e. The van der Waals surface area contributed by atoms with Crippen LogP contribution in [0.25, 0.3) is 0 Å². The Bertz CT molecular complexity index is 683. The zero-order chi connectivity index (χ0) is 16.4.